The number of methoxy groups -OCH3 is 1. The molecule has 0 spiro atoms. The maximum absolute atomic E-state index is 6.45. The highest BCUT2D eigenvalue weighted by Gasteiger charge is 2.21. The molecule has 0 aliphatic heterocycles. The van der Waals surface area contributed by atoms with Crippen LogP contribution in [0.25, 0.3) is 0 Å². The molecule has 0 aliphatic carbocycles. The van der Waals surface area contributed by atoms with Gasteiger partial charge in [0, 0.05) is 18.9 Å². The summed E-state index contributed by atoms with van der Waals surface area (Å²) in [5.74, 6) is 0.713. The summed E-state index contributed by atoms with van der Waals surface area (Å²) >= 11 is 0. The highest BCUT2D eigenvalue weighted by molar-refractivity contribution is 5.38. The second-order valence-corrected chi connectivity index (χ2v) is 5.33. The van der Waals surface area contributed by atoms with E-state index in [4.69, 9.17) is 10.5 Å². The molecule has 1 unspecified atom stereocenters. The summed E-state index contributed by atoms with van der Waals surface area (Å²) in [7, 11) is 5.71. The average molecular weight is 289 g/mol. The first-order valence-corrected chi connectivity index (χ1v) is 6.95. The number of hydrogen-bond acceptors (Lipinski definition) is 5. The summed E-state index contributed by atoms with van der Waals surface area (Å²) in [6.07, 6.45) is 5.30. The summed E-state index contributed by atoms with van der Waals surface area (Å²) in [5.41, 5.74) is 9.43. The molecule has 1 atom stereocenters. The lowest BCUT2D eigenvalue weighted by Crippen LogP contribution is -2.24. The fraction of sp³-hybridized carbons (Fsp3) is 0.467. The van der Waals surface area contributed by atoms with Crippen LogP contribution < -0.4 is 10.5 Å². The van der Waals surface area contributed by atoms with Crippen LogP contribution in [0.15, 0.2) is 24.7 Å². The summed E-state index contributed by atoms with van der Waals surface area (Å²) in [6.45, 7) is 3.68. The molecule has 0 aliphatic rings. The molecule has 0 saturated carbocycles. The molecular weight excluding hydrogens is 266 g/mol. The van der Waals surface area contributed by atoms with Crippen molar-refractivity contribution >= 4 is 0 Å². The molecule has 2 rings (SSSR count). The van der Waals surface area contributed by atoms with E-state index in [1.165, 1.54) is 0 Å². The van der Waals surface area contributed by atoms with Crippen LogP contribution in [0, 0.1) is 6.92 Å². The van der Waals surface area contributed by atoms with Crippen LogP contribution in [0.1, 0.15) is 22.9 Å². The van der Waals surface area contributed by atoms with E-state index in [1.807, 2.05) is 38.0 Å². The molecule has 2 heterocycles. The predicted octanol–water partition coefficient (Wildman–Crippen LogP) is 1.20. The van der Waals surface area contributed by atoms with E-state index in [0.29, 0.717) is 5.75 Å². The third-order valence-electron chi connectivity index (χ3n) is 3.53. The molecule has 0 bridgehead atoms. The van der Waals surface area contributed by atoms with Gasteiger partial charge in [0.15, 0.2) is 5.75 Å². The van der Waals surface area contributed by atoms with Gasteiger partial charge in [-0.1, -0.05) is 0 Å². The Bertz CT molecular complexity index is 593. The first kappa shape index (κ1) is 15.5. The van der Waals surface area contributed by atoms with Crippen molar-refractivity contribution in [2.75, 3.05) is 27.7 Å². The summed E-state index contributed by atoms with van der Waals surface area (Å²) in [5, 5.41) is 4.40. The fourth-order valence-electron chi connectivity index (χ4n) is 2.27. The molecular formula is C15H23N5O. The van der Waals surface area contributed by atoms with E-state index in [9.17, 15) is 0 Å². The van der Waals surface area contributed by atoms with Crippen molar-refractivity contribution in [1.82, 2.24) is 19.7 Å². The number of aromatic nitrogens is 3. The van der Waals surface area contributed by atoms with Crippen LogP contribution in [-0.4, -0.2) is 47.4 Å². The van der Waals surface area contributed by atoms with Crippen LogP contribution in [0.4, 0.5) is 0 Å². The van der Waals surface area contributed by atoms with Gasteiger partial charge in [-0.3, -0.25) is 9.67 Å². The van der Waals surface area contributed by atoms with Crippen LogP contribution in [0.3, 0.4) is 0 Å². The zero-order valence-electron chi connectivity index (χ0n) is 13.1. The van der Waals surface area contributed by atoms with Gasteiger partial charge in [-0.25, -0.2) is 0 Å². The minimum atomic E-state index is -0.307. The van der Waals surface area contributed by atoms with Crippen molar-refractivity contribution < 1.29 is 4.74 Å². The number of pyridine rings is 1. The quantitative estimate of drug-likeness (QED) is 0.865. The maximum Gasteiger partial charge on any atom is 0.161 e. The summed E-state index contributed by atoms with van der Waals surface area (Å²) in [6, 6.07) is 1.65. The first-order chi connectivity index (χ1) is 10.0. The third kappa shape index (κ3) is 3.40. The summed E-state index contributed by atoms with van der Waals surface area (Å²) in [4.78, 5) is 6.29. The Balaban J connectivity index is 2.36. The van der Waals surface area contributed by atoms with Gasteiger partial charge in [-0.2, -0.15) is 5.10 Å². The molecule has 0 fully saturated rings. The normalized spacial score (nSPS) is 12.7. The van der Waals surface area contributed by atoms with Crippen molar-refractivity contribution in [3.63, 3.8) is 0 Å². The molecule has 0 aromatic carbocycles. The van der Waals surface area contributed by atoms with Crippen LogP contribution in [-0.2, 0) is 6.54 Å². The minimum absolute atomic E-state index is 0.307. The number of nitrogens with zero attached hydrogens (tertiary/aromatic N) is 4. The van der Waals surface area contributed by atoms with Gasteiger partial charge in [0.05, 0.1) is 25.9 Å². The number of aryl methyl sites for hydroxylation is 1. The maximum atomic E-state index is 6.45. The smallest absolute Gasteiger partial charge is 0.161 e. The van der Waals surface area contributed by atoms with E-state index in [1.54, 1.807) is 19.5 Å². The number of ether oxygens (including phenoxy) is 1. The molecule has 6 heteroatoms. The van der Waals surface area contributed by atoms with E-state index in [-0.39, 0.29) is 6.04 Å². The molecule has 2 aromatic rings. The second kappa shape index (κ2) is 6.69. The van der Waals surface area contributed by atoms with Crippen molar-refractivity contribution in [1.29, 1.82) is 0 Å². The Morgan fingerprint density at radius 3 is 2.76 bits per heavy atom. The van der Waals surface area contributed by atoms with Gasteiger partial charge in [-0.15, -0.1) is 0 Å². The van der Waals surface area contributed by atoms with E-state index in [2.05, 4.69) is 15.0 Å². The highest BCUT2D eigenvalue weighted by atomic mass is 16.5. The Morgan fingerprint density at radius 1 is 1.38 bits per heavy atom. The molecule has 0 saturated heterocycles. The standard InChI is InChI=1S/C15H23N5O/c1-11-5-6-17-9-12(11)14(16)15-13(21-4)10-18-20(15)8-7-19(2)3/h5-6,9-10,14H,7-8,16H2,1-4H3. The number of nitrogens with two attached hydrogens (primary N) is 1. The summed E-state index contributed by atoms with van der Waals surface area (Å²) < 4.78 is 7.33. The fourth-order valence-corrected chi connectivity index (χ4v) is 2.27. The Kier molecular flexibility index (Phi) is 4.93. The third-order valence-corrected chi connectivity index (χ3v) is 3.53. The van der Waals surface area contributed by atoms with Crippen molar-refractivity contribution in [3.8, 4) is 5.75 Å². The largest absolute Gasteiger partial charge is 0.493 e. The van der Waals surface area contributed by atoms with Crippen molar-refractivity contribution in [2.24, 2.45) is 5.73 Å². The van der Waals surface area contributed by atoms with Gasteiger partial charge in [0.2, 0.25) is 0 Å². The van der Waals surface area contributed by atoms with Crippen LogP contribution in [0.2, 0.25) is 0 Å². The zero-order valence-corrected chi connectivity index (χ0v) is 13.1. The monoisotopic (exact) mass is 289 g/mol. The highest BCUT2D eigenvalue weighted by Crippen LogP contribution is 2.29. The molecule has 0 amide bonds. The van der Waals surface area contributed by atoms with Crippen molar-refractivity contribution in [3.05, 3.63) is 41.5 Å². The lowest BCUT2D eigenvalue weighted by atomic mass is 10.0. The molecule has 114 valence electrons. The first-order valence-electron chi connectivity index (χ1n) is 6.95. The van der Waals surface area contributed by atoms with Crippen molar-refractivity contribution in [2.45, 2.75) is 19.5 Å². The average Bonchev–Trinajstić information content (AvgIpc) is 2.87. The van der Waals surface area contributed by atoms with Gasteiger partial charge in [-0.05, 0) is 38.2 Å². The van der Waals surface area contributed by atoms with E-state index < -0.39 is 0 Å². The van der Waals surface area contributed by atoms with Gasteiger partial charge in [0.25, 0.3) is 0 Å². The Labute approximate surface area is 125 Å². The lowest BCUT2D eigenvalue weighted by Gasteiger charge is -2.18. The second-order valence-electron chi connectivity index (χ2n) is 5.33. The number of hydrogen-bond donors (Lipinski definition) is 1. The van der Waals surface area contributed by atoms with Gasteiger partial charge >= 0.3 is 0 Å². The minimum Gasteiger partial charge on any atom is -0.493 e. The van der Waals surface area contributed by atoms with Crippen LogP contribution in [0.5, 0.6) is 5.75 Å². The molecule has 6 nitrogen and oxygen atoms in total. The Morgan fingerprint density at radius 2 is 2.14 bits per heavy atom. The van der Waals surface area contributed by atoms with Gasteiger partial charge in [0.1, 0.15) is 5.69 Å². The van der Waals surface area contributed by atoms with Crippen LogP contribution >= 0.6 is 0 Å². The van der Waals surface area contributed by atoms with Gasteiger partial charge < -0.3 is 15.4 Å². The Hall–Kier alpha value is -1.92. The lowest BCUT2D eigenvalue weighted by molar-refractivity contribution is 0.363. The molecule has 2 aromatic heterocycles. The molecule has 21 heavy (non-hydrogen) atoms. The predicted molar refractivity (Wildman–Crippen MR) is 82.3 cm³/mol. The zero-order chi connectivity index (χ0) is 15.4. The SMILES string of the molecule is COc1cnn(CCN(C)C)c1C(N)c1cnccc1C. The number of rotatable bonds is 6. The number of likely N-dealkylation sites (N-methyl/N-ethyl adjacent to an activating group) is 1. The molecule has 2 N–H and O–H groups in total. The van der Waals surface area contributed by atoms with E-state index >= 15 is 0 Å². The van der Waals surface area contributed by atoms with E-state index in [0.717, 1.165) is 29.9 Å². The topological polar surface area (TPSA) is 69.2 Å². The molecule has 0 radical (unpaired) electrons.